The van der Waals surface area contributed by atoms with Crippen molar-refractivity contribution in [3.63, 3.8) is 0 Å². The lowest BCUT2D eigenvalue weighted by Crippen LogP contribution is -2.40. The first-order valence-corrected chi connectivity index (χ1v) is 7.76. The van der Waals surface area contributed by atoms with E-state index < -0.39 is 11.4 Å². The molecule has 1 aliphatic rings. The molecule has 1 aliphatic heterocycles. The number of carbonyl (C=O) groups is 2. The fourth-order valence-corrected chi connectivity index (χ4v) is 2.80. The Morgan fingerprint density at radius 1 is 1.17 bits per heavy atom. The SMILES string of the molecule is COCCOc1ccc(C(=O)N2CCC(COC)(C(=O)O)C2)cc1. The molecule has 132 valence electrons. The lowest BCUT2D eigenvalue weighted by molar-refractivity contribution is -0.151. The smallest absolute Gasteiger partial charge is 0.313 e. The predicted octanol–water partition coefficient (Wildman–Crippen LogP) is 1.28. The number of rotatable bonds is 8. The van der Waals surface area contributed by atoms with Crippen LogP contribution in [-0.4, -0.2) is 69.0 Å². The first-order valence-electron chi connectivity index (χ1n) is 7.76. The molecule has 0 bridgehead atoms. The van der Waals surface area contributed by atoms with Gasteiger partial charge in [-0.05, 0) is 30.7 Å². The van der Waals surface area contributed by atoms with Gasteiger partial charge >= 0.3 is 5.97 Å². The van der Waals surface area contributed by atoms with Crippen molar-refractivity contribution in [1.29, 1.82) is 0 Å². The summed E-state index contributed by atoms with van der Waals surface area (Å²) in [5.41, 5.74) is -0.513. The van der Waals surface area contributed by atoms with Gasteiger partial charge < -0.3 is 24.2 Å². The van der Waals surface area contributed by atoms with Gasteiger partial charge in [0.2, 0.25) is 0 Å². The summed E-state index contributed by atoms with van der Waals surface area (Å²) in [5, 5.41) is 9.46. The third kappa shape index (κ3) is 4.04. The second kappa shape index (κ2) is 8.12. The number of carboxylic acid groups (broad SMARTS) is 1. The van der Waals surface area contributed by atoms with Crippen molar-refractivity contribution < 1.29 is 28.9 Å². The number of benzene rings is 1. The molecule has 0 radical (unpaired) electrons. The third-order valence-corrected chi connectivity index (χ3v) is 4.17. The summed E-state index contributed by atoms with van der Waals surface area (Å²) in [6.45, 7) is 1.58. The quantitative estimate of drug-likeness (QED) is 0.719. The van der Waals surface area contributed by atoms with Crippen LogP contribution in [0.5, 0.6) is 5.75 Å². The number of likely N-dealkylation sites (tertiary alicyclic amines) is 1. The first kappa shape index (κ1) is 18.2. The number of carbonyl (C=O) groups excluding carboxylic acids is 1. The maximum Gasteiger partial charge on any atom is 0.313 e. The number of carboxylic acids is 1. The predicted molar refractivity (Wildman–Crippen MR) is 86.3 cm³/mol. The van der Waals surface area contributed by atoms with Crippen molar-refractivity contribution in [2.75, 3.05) is 47.1 Å². The van der Waals surface area contributed by atoms with Crippen molar-refractivity contribution in [3.8, 4) is 5.75 Å². The van der Waals surface area contributed by atoms with Crippen molar-refractivity contribution in [3.05, 3.63) is 29.8 Å². The molecule has 1 atom stereocenters. The van der Waals surface area contributed by atoms with E-state index in [0.29, 0.717) is 37.5 Å². The Labute approximate surface area is 141 Å². The van der Waals surface area contributed by atoms with Crippen LogP contribution in [0.2, 0.25) is 0 Å². The molecule has 1 heterocycles. The molecule has 1 saturated heterocycles. The molecule has 1 fully saturated rings. The first-order chi connectivity index (χ1) is 11.5. The fourth-order valence-electron chi connectivity index (χ4n) is 2.80. The highest BCUT2D eigenvalue weighted by atomic mass is 16.5. The average Bonchev–Trinajstić information content (AvgIpc) is 3.01. The number of nitrogens with zero attached hydrogens (tertiary/aromatic N) is 1. The minimum atomic E-state index is -1.02. The van der Waals surface area contributed by atoms with E-state index in [2.05, 4.69) is 0 Å². The lowest BCUT2D eigenvalue weighted by Gasteiger charge is -2.23. The van der Waals surface area contributed by atoms with Gasteiger partial charge in [0.25, 0.3) is 5.91 Å². The van der Waals surface area contributed by atoms with Crippen molar-refractivity contribution in [1.82, 2.24) is 4.90 Å². The Morgan fingerprint density at radius 3 is 2.46 bits per heavy atom. The summed E-state index contributed by atoms with van der Waals surface area (Å²) in [4.78, 5) is 25.7. The van der Waals surface area contributed by atoms with Gasteiger partial charge in [0, 0.05) is 32.9 Å². The van der Waals surface area contributed by atoms with Crippen molar-refractivity contribution >= 4 is 11.9 Å². The highest BCUT2D eigenvalue weighted by Gasteiger charge is 2.46. The van der Waals surface area contributed by atoms with Crippen LogP contribution >= 0.6 is 0 Å². The fraction of sp³-hybridized carbons (Fsp3) is 0.529. The standard InChI is InChI=1S/C17H23NO6/c1-22-9-10-24-14-5-3-13(4-6-14)15(19)18-8-7-17(11-18,12-23-2)16(20)21/h3-6H,7-12H2,1-2H3,(H,20,21). The Balaban J connectivity index is 2.00. The van der Waals surface area contributed by atoms with Crippen LogP contribution < -0.4 is 4.74 Å². The Hall–Kier alpha value is -2.12. The van der Waals surface area contributed by atoms with Gasteiger partial charge in [0.15, 0.2) is 0 Å². The van der Waals surface area contributed by atoms with Gasteiger partial charge in [-0.1, -0.05) is 0 Å². The van der Waals surface area contributed by atoms with Crippen LogP contribution in [-0.2, 0) is 14.3 Å². The van der Waals surface area contributed by atoms with E-state index in [0.717, 1.165) is 0 Å². The van der Waals surface area contributed by atoms with E-state index in [1.54, 1.807) is 36.3 Å². The van der Waals surface area contributed by atoms with Gasteiger partial charge in [-0.15, -0.1) is 0 Å². The maximum absolute atomic E-state index is 12.6. The molecule has 0 saturated carbocycles. The van der Waals surface area contributed by atoms with Crippen LogP contribution in [0.4, 0.5) is 0 Å². The molecule has 7 heteroatoms. The van der Waals surface area contributed by atoms with E-state index >= 15 is 0 Å². The van der Waals surface area contributed by atoms with Gasteiger partial charge in [-0.2, -0.15) is 0 Å². The van der Waals surface area contributed by atoms with Crippen LogP contribution in [0.1, 0.15) is 16.8 Å². The number of methoxy groups -OCH3 is 2. The van der Waals surface area contributed by atoms with Crippen LogP contribution in [0.3, 0.4) is 0 Å². The zero-order valence-electron chi connectivity index (χ0n) is 14.0. The molecule has 0 aliphatic carbocycles. The van der Waals surface area contributed by atoms with E-state index in [1.807, 2.05) is 0 Å². The summed E-state index contributed by atoms with van der Waals surface area (Å²) in [7, 11) is 3.07. The van der Waals surface area contributed by atoms with Crippen LogP contribution in [0.25, 0.3) is 0 Å². The molecule has 1 aromatic rings. The van der Waals surface area contributed by atoms with Crippen LogP contribution in [0.15, 0.2) is 24.3 Å². The minimum absolute atomic E-state index is 0.0956. The van der Waals surface area contributed by atoms with Gasteiger partial charge in [-0.3, -0.25) is 9.59 Å². The summed E-state index contributed by atoms with van der Waals surface area (Å²) < 4.78 is 15.4. The van der Waals surface area contributed by atoms with Gasteiger partial charge in [0.05, 0.1) is 13.2 Å². The van der Waals surface area contributed by atoms with E-state index in [1.165, 1.54) is 7.11 Å². The second-order valence-corrected chi connectivity index (χ2v) is 5.86. The molecule has 1 N–H and O–H groups in total. The highest BCUT2D eigenvalue weighted by Crippen LogP contribution is 2.32. The zero-order valence-corrected chi connectivity index (χ0v) is 14.0. The Morgan fingerprint density at radius 2 is 1.88 bits per heavy atom. The number of hydrogen-bond acceptors (Lipinski definition) is 5. The monoisotopic (exact) mass is 337 g/mol. The maximum atomic E-state index is 12.6. The number of hydrogen-bond donors (Lipinski definition) is 1. The van der Waals surface area contributed by atoms with Gasteiger partial charge in [-0.25, -0.2) is 0 Å². The molecule has 0 aromatic heterocycles. The molecular weight excluding hydrogens is 314 g/mol. The largest absolute Gasteiger partial charge is 0.491 e. The molecule has 0 spiro atoms. The van der Waals surface area contributed by atoms with Crippen molar-refractivity contribution in [2.24, 2.45) is 5.41 Å². The third-order valence-electron chi connectivity index (χ3n) is 4.17. The second-order valence-electron chi connectivity index (χ2n) is 5.86. The Bertz CT molecular complexity index is 573. The summed E-state index contributed by atoms with van der Waals surface area (Å²) in [6.07, 6.45) is 0.389. The summed E-state index contributed by atoms with van der Waals surface area (Å²) in [6, 6.07) is 6.81. The highest BCUT2D eigenvalue weighted by molar-refractivity contribution is 5.95. The molecule has 2 rings (SSSR count). The molecule has 1 aromatic carbocycles. The van der Waals surface area contributed by atoms with E-state index in [4.69, 9.17) is 14.2 Å². The number of amides is 1. The molecular formula is C17H23NO6. The lowest BCUT2D eigenvalue weighted by atomic mass is 9.88. The minimum Gasteiger partial charge on any atom is -0.491 e. The molecule has 1 unspecified atom stereocenters. The van der Waals surface area contributed by atoms with Crippen LogP contribution in [0, 0.1) is 5.41 Å². The normalized spacial score (nSPS) is 20.2. The van der Waals surface area contributed by atoms with Gasteiger partial charge in [0.1, 0.15) is 17.8 Å². The molecule has 24 heavy (non-hydrogen) atoms. The number of ether oxygens (including phenoxy) is 3. The average molecular weight is 337 g/mol. The molecule has 1 amide bonds. The molecule has 7 nitrogen and oxygen atoms in total. The zero-order chi connectivity index (χ0) is 17.6. The number of aliphatic carboxylic acids is 1. The summed E-state index contributed by atoms with van der Waals surface area (Å²) in [5.74, 6) is -0.455. The van der Waals surface area contributed by atoms with E-state index in [-0.39, 0.29) is 19.1 Å². The topological polar surface area (TPSA) is 85.3 Å². The van der Waals surface area contributed by atoms with E-state index in [9.17, 15) is 14.7 Å². The Kier molecular flexibility index (Phi) is 6.16. The summed E-state index contributed by atoms with van der Waals surface area (Å²) >= 11 is 0. The van der Waals surface area contributed by atoms with Crippen molar-refractivity contribution in [2.45, 2.75) is 6.42 Å².